The zero-order chi connectivity index (χ0) is 36.4. The van der Waals surface area contributed by atoms with Crippen molar-refractivity contribution in [3.8, 4) is 6.07 Å². The van der Waals surface area contributed by atoms with Gasteiger partial charge in [0.2, 0.25) is 0 Å². The summed E-state index contributed by atoms with van der Waals surface area (Å²) in [5.74, 6) is 0.666. The molecular formula is C43H50F3N3O2. The molecule has 5 rings (SSSR count). The number of carbonyl (C=O) groups excluding carboxylic acids is 1. The Kier molecular flexibility index (Phi) is 13.4. The second-order valence-corrected chi connectivity index (χ2v) is 14.3. The standard InChI is InChI=1S/C43H50F3N3O2/c1-30-22-38(29-51-40-9-5-6-33(12-16-40)23-34-10-14-39(15-11-34)43(44,45)46)13-17-41(30)31(2)32(3)42(50)27-48-26-35-18-20-49(21-19-35)28-37-8-4-7-36(24-37)25-47/h4,6-8,10-11,13-15,17,22,24,35,40,48H,5,9,12,16,18-21,23,26-29H2,1-3H3/b32-31+. The third-order valence-electron chi connectivity index (χ3n) is 10.5. The minimum atomic E-state index is -4.31. The zero-order valence-corrected chi connectivity index (χ0v) is 30.1. The van der Waals surface area contributed by atoms with Gasteiger partial charge in [0.15, 0.2) is 5.78 Å². The Morgan fingerprint density at radius 2 is 1.71 bits per heavy atom. The summed E-state index contributed by atoms with van der Waals surface area (Å²) >= 11 is 0. The molecule has 8 heteroatoms. The first-order chi connectivity index (χ1) is 24.5. The SMILES string of the molecule is C/C(C(=O)CNCC1CCN(Cc2cccc(C#N)c2)CC1)=C(/C)c1ccc(COC2CCC=C(Cc3ccc(C(F)(F)F)cc3)CC2)cc1C. The highest BCUT2D eigenvalue weighted by molar-refractivity contribution is 6.03. The summed E-state index contributed by atoms with van der Waals surface area (Å²) < 4.78 is 45.1. The maximum Gasteiger partial charge on any atom is 0.416 e. The number of likely N-dealkylation sites (tertiary alicyclic amines) is 1. The van der Waals surface area contributed by atoms with E-state index in [9.17, 15) is 18.0 Å². The van der Waals surface area contributed by atoms with Gasteiger partial charge in [0.1, 0.15) is 0 Å². The number of rotatable bonds is 13. The molecule has 1 heterocycles. The van der Waals surface area contributed by atoms with Gasteiger partial charge < -0.3 is 10.1 Å². The number of nitrogens with zero attached hydrogens (tertiary/aromatic N) is 2. The van der Waals surface area contributed by atoms with Crippen LogP contribution >= 0.6 is 0 Å². The molecule has 0 radical (unpaired) electrons. The fourth-order valence-corrected chi connectivity index (χ4v) is 7.20. The first-order valence-corrected chi connectivity index (χ1v) is 18.2. The number of halogens is 3. The minimum absolute atomic E-state index is 0.119. The summed E-state index contributed by atoms with van der Waals surface area (Å²) in [6, 6.07) is 21.8. The summed E-state index contributed by atoms with van der Waals surface area (Å²) in [4.78, 5) is 15.6. The van der Waals surface area contributed by atoms with Gasteiger partial charge in [-0.05, 0) is 154 Å². The molecule has 5 nitrogen and oxygen atoms in total. The number of carbonyl (C=O) groups is 1. The van der Waals surface area contributed by atoms with Gasteiger partial charge in [-0.2, -0.15) is 18.4 Å². The topological polar surface area (TPSA) is 65.4 Å². The highest BCUT2D eigenvalue weighted by Crippen LogP contribution is 2.31. The van der Waals surface area contributed by atoms with Crippen molar-refractivity contribution < 1.29 is 22.7 Å². The van der Waals surface area contributed by atoms with Gasteiger partial charge in [-0.3, -0.25) is 9.69 Å². The molecule has 51 heavy (non-hydrogen) atoms. The first-order valence-electron chi connectivity index (χ1n) is 18.2. The van der Waals surface area contributed by atoms with Crippen LogP contribution in [0.1, 0.15) is 91.3 Å². The number of piperidine rings is 1. The van der Waals surface area contributed by atoms with Crippen molar-refractivity contribution in [1.29, 1.82) is 5.26 Å². The summed E-state index contributed by atoms with van der Waals surface area (Å²) in [5, 5.41) is 12.6. The van der Waals surface area contributed by atoms with E-state index in [1.54, 1.807) is 12.1 Å². The number of hydrogen-bond acceptors (Lipinski definition) is 5. The highest BCUT2D eigenvalue weighted by Gasteiger charge is 2.30. The monoisotopic (exact) mass is 697 g/mol. The molecule has 1 aliphatic carbocycles. The quantitative estimate of drug-likeness (QED) is 0.143. The Hall–Kier alpha value is -4.03. The molecule has 1 aliphatic heterocycles. The first kappa shape index (κ1) is 38.2. The van der Waals surface area contributed by atoms with Crippen LogP contribution in [0.25, 0.3) is 5.57 Å². The average Bonchev–Trinajstić information content (AvgIpc) is 3.35. The lowest BCUT2D eigenvalue weighted by molar-refractivity contribution is -0.137. The fourth-order valence-electron chi connectivity index (χ4n) is 7.20. The van der Waals surface area contributed by atoms with E-state index in [1.807, 2.05) is 32.0 Å². The van der Waals surface area contributed by atoms with Crippen LogP contribution in [0, 0.1) is 24.2 Å². The van der Waals surface area contributed by atoms with Gasteiger partial charge in [-0.15, -0.1) is 0 Å². The maximum atomic E-state index is 13.1. The van der Waals surface area contributed by atoms with Gasteiger partial charge in [-0.1, -0.05) is 54.1 Å². The largest absolute Gasteiger partial charge is 0.416 e. The molecule has 3 aromatic carbocycles. The van der Waals surface area contributed by atoms with Crippen LogP contribution in [-0.2, 0) is 35.3 Å². The third kappa shape index (κ3) is 11.2. The number of Topliss-reactive ketones (excluding diaryl/α,β-unsaturated/α-hetero) is 1. The molecule has 0 saturated carbocycles. The van der Waals surface area contributed by atoms with Crippen molar-refractivity contribution in [2.75, 3.05) is 26.2 Å². The molecule has 1 unspecified atom stereocenters. The van der Waals surface area contributed by atoms with Crippen LogP contribution in [-0.4, -0.2) is 43.0 Å². The average molecular weight is 698 g/mol. The number of hydrogen-bond donors (Lipinski definition) is 1. The smallest absolute Gasteiger partial charge is 0.374 e. The van der Waals surface area contributed by atoms with E-state index in [-0.39, 0.29) is 11.9 Å². The number of allylic oxidation sites excluding steroid dienone is 3. The Bertz CT molecular complexity index is 1750. The highest BCUT2D eigenvalue weighted by atomic mass is 19.4. The Morgan fingerprint density at radius 3 is 2.41 bits per heavy atom. The summed E-state index contributed by atoms with van der Waals surface area (Å²) in [7, 11) is 0. The second-order valence-electron chi connectivity index (χ2n) is 14.3. The Balaban J connectivity index is 1.03. The van der Waals surface area contributed by atoms with Gasteiger partial charge in [-0.25, -0.2) is 0 Å². The molecule has 1 fully saturated rings. The molecule has 1 N–H and O–H groups in total. The van der Waals surface area contributed by atoms with Crippen molar-refractivity contribution in [2.45, 2.75) is 91.1 Å². The normalized spacial score (nSPS) is 18.1. The van der Waals surface area contributed by atoms with Crippen molar-refractivity contribution in [3.63, 3.8) is 0 Å². The van der Waals surface area contributed by atoms with E-state index in [4.69, 9.17) is 10.00 Å². The summed E-state index contributed by atoms with van der Waals surface area (Å²) in [5.41, 5.74) is 8.47. The lowest BCUT2D eigenvalue weighted by Gasteiger charge is -2.32. The molecule has 1 atom stereocenters. The molecule has 0 aromatic heterocycles. The Labute approximate surface area is 301 Å². The van der Waals surface area contributed by atoms with Crippen molar-refractivity contribution in [1.82, 2.24) is 10.2 Å². The molecule has 3 aromatic rings. The van der Waals surface area contributed by atoms with Gasteiger partial charge in [0.05, 0.1) is 36.5 Å². The van der Waals surface area contributed by atoms with E-state index < -0.39 is 11.7 Å². The van der Waals surface area contributed by atoms with Gasteiger partial charge in [0.25, 0.3) is 0 Å². The van der Waals surface area contributed by atoms with Crippen LogP contribution in [0.3, 0.4) is 0 Å². The maximum absolute atomic E-state index is 13.1. The number of ketones is 1. The van der Waals surface area contributed by atoms with E-state index in [0.29, 0.717) is 31.1 Å². The molecule has 1 saturated heterocycles. The summed E-state index contributed by atoms with van der Waals surface area (Å²) in [6.07, 6.45) is 4.45. The van der Waals surface area contributed by atoms with Gasteiger partial charge in [0, 0.05) is 6.54 Å². The van der Waals surface area contributed by atoms with Crippen molar-refractivity contribution >= 4 is 11.4 Å². The predicted molar refractivity (Wildman–Crippen MR) is 197 cm³/mol. The lowest BCUT2D eigenvalue weighted by atomic mass is 9.94. The van der Waals surface area contributed by atoms with Crippen LogP contribution in [0.5, 0.6) is 0 Å². The van der Waals surface area contributed by atoms with Crippen LogP contribution in [0.15, 0.2) is 84.0 Å². The van der Waals surface area contributed by atoms with Crippen LogP contribution in [0.2, 0.25) is 0 Å². The summed E-state index contributed by atoms with van der Waals surface area (Å²) in [6.45, 7) is 10.6. The third-order valence-corrected chi connectivity index (χ3v) is 10.5. The molecule has 0 bridgehead atoms. The number of nitrogens with one attached hydrogen (secondary N) is 1. The van der Waals surface area contributed by atoms with Crippen molar-refractivity contribution in [3.05, 3.63) is 123 Å². The molecular weight excluding hydrogens is 647 g/mol. The van der Waals surface area contributed by atoms with Crippen LogP contribution in [0.4, 0.5) is 13.2 Å². The predicted octanol–water partition coefficient (Wildman–Crippen LogP) is 9.38. The van der Waals surface area contributed by atoms with E-state index in [2.05, 4.69) is 53.6 Å². The van der Waals surface area contributed by atoms with Gasteiger partial charge >= 0.3 is 6.18 Å². The van der Waals surface area contributed by atoms with Crippen molar-refractivity contribution in [2.24, 2.45) is 5.92 Å². The van der Waals surface area contributed by atoms with E-state index in [1.165, 1.54) is 11.1 Å². The molecule has 2 aliphatic rings. The number of nitriles is 1. The van der Waals surface area contributed by atoms with E-state index >= 15 is 0 Å². The minimum Gasteiger partial charge on any atom is -0.374 e. The molecule has 270 valence electrons. The van der Waals surface area contributed by atoms with E-state index in [0.717, 1.165) is 110 Å². The number of benzene rings is 3. The molecule has 0 amide bonds. The van der Waals surface area contributed by atoms with Crippen LogP contribution < -0.4 is 5.32 Å². The number of alkyl halides is 3. The number of ether oxygens (including phenoxy) is 1. The Morgan fingerprint density at radius 1 is 0.961 bits per heavy atom. The second kappa shape index (κ2) is 17.9. The number of aryl methyl sites for hydroxylation is 1. The molecule has 0 spiro atoms. The fraction of sp³-hybridized carbons (Fsp3) is 0.442. The lowest BCUT2D eigenvalue weighted by Crippen LogP contribution is -2.38. The zero-order valence-electron chi connectivity index (χ0n) is 30.1.